The molecule has 0 fully saturated rings. The molecule has 3 nitrogen and oxygen atoms in total. The van der Waals surface area contributed by atoms with Gasteiger partial charge in [0.15, 0.2) is 9.84 Å². The molecule has 0 saturated heterocycles. The zero-order chi connectivity index (χ0) is 12.2. The molecule has 0 bridgehead atoms. The summed E-state index contributed by atoms with van der Waals surface area (Å²) in [5.74, 6) is 0.118. The lowest BCUT2D eigenvalue weighted by Gasteiger charge is -2.08. The predicted octanol–water partition coefficient (Wildman–Crippen LogP) is 2.64. The van der Waals surface area contributed by atoms with Crippen molar-refractivity contribution < 1.29 is 8.42 Å². The van der Waals surface area contributed by atoms with Crippen LogP contribution in [0.3, 0.4) is 0 Å². The maximum atomic E-state index is 11.7. The second-order valence-corrected chi connectivity index (χ2v) is 6.34. The monoisotopic (exact) mass is 261 g/mol. The molecule has 1 aromatic rings. The number of anilines is 1. The molecule has 2 N–H and O–H groups in total. The Hall–Kier alpha value is -0.740. The summed E-state index contributed by atoms with van der Waals surface area (Å²) in [6, 6.07) is 5.03. The van der Waals surface area contributed by atoms with Crippen LogP contribution in [-0.4, -0.2) is 14.2 Å². The third-order valence-corrected chi connectivity index (χ3v) is 4.32. The van der Waals surface area contributed by atoms with Crippen molar-refractivity contribution in [3.05, 3.63) is 28.8 Å². The number of hydrogen-bond acceptors (Lipinski definition) is 3. The lowest BCUT2D eigenvalue weighted by atomic mass is 10.2. The number of sulfone groups is 1. The minimum absolute atomic E-state index is 0.0709. The quantitative estimate of drug-likeness (QED) is 0.829. The van der Waals surface area contributed by atoms with Crippen LogP contribution in [0.15, 0.2) is 18.2 Å². The number of nitrogen functional groups attached to an aromatic ring is 1. The minimum atomic E-state index is -3.11. The van der Waals surface area contributed by atoms with Gasteiger partial charge in [0, 0.05) is 16.3 Å². The maximum Gasteiger partial charge on any atom is 0.154 e. The van der Waals surface area contributed by atoms with Gasteiger partial charge in [0.1, 0.15) is 0 Å². The standard InChI is InChI=1S/C11H16ClNO2S/c1-2-3-7-16(14,15)8-9-10(12)5-4-6-11(9)13/h4-6H,2-3,7-8,13H2,1H3. The van der Waals surface area contributed by atoms with Crippen LogP contribution >= 0.6 is 11.6 Å². The lowest BCUT2D eigenvalue weighted by Crippen LogP contribution is -2.11. The van der Waals surface area contributed by atoms with Gasteiger partial charge in [0.25, 0.3) is 0 Å². The van der Waals surface area contributed by atoms with Crippen LogP contribution in [-0.2, 0) is 15.6 Å². The Morgan fingerprint density at radius 1 is 1.38 bits per heavy atom. The number of halogens is 1. The summed E-state index contributed by atoms with van der Waals surface area (Å²) < 4.78 is 23.5. The summed E-state index contributed by atoms with van der Waals surface area (Å²) >= 11 is 5.93. The number of nitrogens with two attached hydrogens (primary N) is 1. The summed E-state index contributed by atoms with van der Waals surface area (Å²) in [4.78, 5) is 0. The molecule has 0 spiro atoms. The summed E-state index contributed by atoms with van der Waals surface area (Å²) in [6.07, 6.45) is 1.53. The second-order valence-electron chi connectivity index (χ2n) is 3.75. The van der Waals surface area contributed by atoms with E-state index in [2.05, 4.69) is 0 Å². The van der Waals surface area contributed by atoms with Crippen LogP contribution in [0.2, 0.25) is 5.02 Å². The highest BCUT2D eigenvalue weighted by atomic mass is 35.5. The largest absolute Gasteiger partial charge is 0.398 e. The highest BCUT2D eigenvalue weighted by molar-refractivity contribution is 7.90. The van der Waals surface area contributed by atoms with Crippen LogP contribution in [0.25, 0.3) is 0 Å². The zero-order valence-electron chi connectivity index (χ0n) is 9.24. The van der Waals surface area contributed by atoms with Crippen LogP contribution in [0, 0.1) is 0 Å². The van der Waals surface area contributed by atoms with E-state index in [1.165, 1.54) is 0 Å². The van der Waals surface area contributed by atoms with Crippen LogP contribution in [0.4, 0.5) is 5.69 Å². The molecular formula is C11H16ClNO2S. The van der Waals surface area contributed by atoms with Crippen molar-refractivity contribution in [1.82, 2.24) is 0 Å². The fourth-order valence-electron chi connectivity index (χ4n) is 1.38. The Morgan fingerprint density at radius 2 is 2.06 bits per heavy atom. The first-order valence-electron chi connectivity index (χ1n) is 5.19. The van der Waals surface area contributed by atoms with Gasteiger partial charge >= 0.3 is 0 Å². The maximum absolute atomic E-state index is 11.7. The molecule has 0 aliphatic rings. The van der Waals surface area contributed by atoms with Gasteiger partial charge in [-0.3, -0.25) is 0 Å². The van der Waals surface area contributed by atoms with E-state index in [1.807, 2.05) is 6.92 Å². The highest BCUT2D eigenvalue weighted by Gasteiger charge is 2.15. The van der Waals surface area contributed by atoms with E-state index < -0.39 is 9.84 Å². The highest BCUT2D eigenvalue weighted by Crippen LogP contribution is 2.24. The molecule has 1 aromatic carbocycles. The molecule has 0 aliphatic carbocycles. The molecule has 0 radical (unpaired) electrons. The van der Waals surface area contributed by atoms with Gasteiger partial charge in [0.2, 0.25) is 0 Å². The van der Waals surface area contributed by atoms with Gasteiger partial charge in [-0.15, -0.1) is 0 Å². The third-order valence-electron chi connectivity index (χ3n) is 2.33. The molecule has 90 valence electrons. The molecule has 1 rings (SSSR count). The van der Waals surface area contributed by atoms with Crippen molar-refractivity contribution in [3.8, 4) is 0 Å². The van der Waals surface area contributed by atoms with E-state index >= 15 is 0 Å². The molecule has 0 aromatic heterocycles. The minimum Gasteiger partial charge on any atom is -0.398 e. The van der Waals surface area contributed by atoms with Gasteiger partial charge in [0.05, 0.1) is 11.5 Å². The lowest BCUT2D eigenvalue weighted by molar-refractivity contribution is 0.592. The molecule has 0 atom stereocenters. The van der Waals surface area contributed by atoms with E-state index in [-0.39, 0.29) is 11.5 Å². The van der Waals surface area contributed by atoms with Gasteiger partial charge in [-0.1, -0.05) is 31.0 Å². The summed E-state index contributed by atoms with van der Waals surface area (Å²) in [7, 11) is -3.11. The third kappa shape index (κ3) is 3.68. The first-order chi connectivity index (χ1) is 7.46. The Bertz CT molecular complexity index is 437. The topological polar surface area (TPSA) is 60.2 Å². The normalized spacial score (nSPS) is 11.6. The molecular weight excluding hydrogens is 246 g/mol. The van der Waals surface area contributed by atoms with Crippen molar-refractivity contribution in [2.45, 2.75) is 25.5 Å². The van der Waals surface area contributed by atoms with Gasteiger partial charge in [-0.25, -0.2) is 8.42 Å². The van der Waals surface area contributed by atoms with E-state index in [0.717, 1.165) is 6.42 Å². The summed E-state index contributed by atoms with van der Waals surface area (Å²) in [5.41, 5.74) is 6.66. The predicted molar refractivity (Wildman–Crippen MR) is 68.3 cm³/mol. The molecule has 0 unspecified atom stereocenters. The van der Waals surface area contributed by atoms with Crippen LogP contribution < -0.4 is 5.73 Å². The van der Waals surface area contributed by atoms with E-state index in [0.29, 0.717) is 22.7 Å². The second kappa shape index (κ2) is 5.55. The first-order valence-corrected chi connectivity index (χ1v) is 7.39. The van der Waals surface area contributed by atoms with Crippen molar-refractivity contribution in [2.24, 2.45) is 0 Å². The number of rotatable bonds is 5. The van der Waals surface area contributed by atoms with Gasteiger partial charge in [-0.2, -0.15) is 0 Å². The summed E-state index contributed by atoms with van der Waals surface area (Å²) in [5, 5.41) is 0.417. The molecule has 0 heterocycles. The molecule has 0 saturated carbocycles. The fourth-order valence-corrected chi connectivity index (χ4v) is 3.35. The summed E-state index contributed by atoms with van der Waals surface area (Å²) in [6.45, 7) is 1.96. The van der Waals surface area contributed by atoms with Gasteiger partial charge < -0.3 is 5.73 Å². The Balaban J connectivity index is 2.88. The Labute approximate surface area is 102 Å². The Kier molecular flexibility index (Phi) is 4.62. The number of hydrogen-bond donors (Lipinski definition) is 1. The number of benzene rings is 1. The molecule has 0 amide bonds. The first kappa shape index (κ1) is 13.3. The van der Waals surface area contributed by atoms with Crippen LogP contribution in [0.1, 0.15) is 25.3 Å². The van der Waals surface area contributed by atoms with Crippen molar-refractivity contribution in [3.63, 3.8) is 0 Å². The number of unbranched alkanes of at least 4 members (excludes halogenated alkanes) is 1. The molecule has 5 heteroatoms. The SMILES string of the molecule is CCCCS(=O)(=O)Cc1c(N)cccc1Cl. The van der Waals surface area contributed by atoms with E-state index in [1.54, 1.807) is 18.2 Å². The average molecular weight is 262 g/mol. The molecule has 0 aliphatic heterocycles. The molecule has 16 heavy (non-hydrogen) atoms. The van der Waals surface area contributed by atoms with Crippen molar-refractivity contribution in [1.29, 1.82) is 0 Å². The average Bonchev–Trinajstić information content (AvgIpc) is 2.21. The fraction of sp³-hybridized carbons (Fsp3) is 0.455. The van der Waals surface area contributed by atoms with Crippen molar-refractivity contribution >= 4 is 27.1 Å². The van der Waals surface area contributed by atoms with Crippen molar-refractivity contribution in [2.75, 3.05) is 11.5 Å². The van der Waals surface area contributed by atoms with Crippen LogP contribution in [0.5, 0.6) is 0 Å². The Morgan fingerprint density at radius 3 is 2.62 bits per heavy atom. The van der Waals surface area contributed by atoms with Gasteiger partial charge in [-0.05, 0) is 18.6 Å². The zero-order valence-corrected chi connectivity index (χ0v) is 10.8. The smallest absolute Gasteiger partial charge is 0.154 e. The van der Waals surface area contributed by atoms with E-state index in [4.69, 9.17) is 17.3 Å². The van der Waals surface area contributed by atoms with E-state index in [9.17, 15) is 8.42 Å².